The molecule has 0 radical (unpaired) electrons. The van der Waals surface area contributed by atoms with Gasteiger partial charge in [0.2, 0.25) is 0 Å². The fourth-order valence-corrected chi connectivity index (χ4v) is 4.52. The molecule has 240 valence electrons. The summed E-state index contributed by atoms with van der Waals surface area (Å²) < 4.78 is 10.7. The van der Waals surface area contributed by atoms with Crippen molar-refractivity contribution in [2.75, 3.05) is 13.7 Å². The second-order valence-electron chi connectivity index (χ2n) is 11.9. The number of carbonyl (C=O) groups excluding carboxylic acids is 3. The quantitative estimate of drug-likeness (QED) is 0.0511. The lowest BCUT2D eigenvalue weighted by Crippen LogP contribution is -2.43. The van der Waals surface area contributed by atoms with E-state index in [-0.39, 0.29) is 23.6 Å². The van der Waals surface area contributed by atoms with Gasteiger partial charge in [-0.3, -0.25) is 4.79 Å². The predicted molar refractivity (Wildman–Crippen MR) is 175 cm³/mol. The number of benzene rings is 3. The summed E-state index contributed by atoms with van der Waals surface area (Å²) in [5, 5.41) is 6.56. The molecular weight excluding hydrogens is 570 g/mol. The molecule has 1 atom stereocenters. The zero-order valence-electron chi connectivity index (χ0n) is 26.9. The second kappa shape index (κ2) is 17.0. The van der Waals surface area contributed by atoms with Gasteiger partial charge in [-0.15, -0.1) is 0 Å². The number of nitrogens with one attached hydrogen (secondary N) is 1. The minimum Gasteiger partial charge on any atom is -0.494 e. The molecule has 0 fully saturated rings. The average Bonchev–Trinajstić information content (AvgIpc) is 3.04. The van der Waals surface area contributed by atoms with Crippen molar-refractivity contribution in [1.29, 1.82) is 0 Å². The molecular formula is C36H45N3O6. The van der Waals surface area contributed by atoms with Gasteiger partial charge < -0.3 is 25.4 Å². The molecule has 0 aliphatic carbocycles. The average molecular weight is 616 g/mol. The SMILES string of the molecule is CCCCCCCOc1ccc(C(=O)ON=C(N)c2ccc(C[C@H](NC(=O)c3ccc(C(C)(C)C)cc3)C(=O)OC)cc2)cc1. The Hall–Kier alpha value is -4.66. The Balaban J connectivity index is 1.54. The van der Waals surface area contributed by atoms with Crippen LogP contribution in [-0.4, -0.2) is 43.4 Å². The van der Waals surface area contributed by atoms with E-state index in [1.165, 1.54) is 26.4 Å². The highest BCUT2D eigenvalue weighted by Gasteiger charge is 2.23. The van der Waals surface area contributed by atoms with Crippen molar-refractivity contribution in [2.24, 2.45) is 10.9 Å². The van der Waals surface area contributed by atoms with E-state index in [4.69, 9.17) is 20.0 Å². The molecule has 0 aliphatic rings. The first-order valence-corrected chi connectivity index (χ1v) is 15.4. The lowest BCUT2D eigenvalue weighted by atomic mass is 9.86. The van der Waals surface area contributed by atoms with Gasteiger partial charge in [-0.2, -0.15) is 0 Å². The summed E-state index contributed by atoms with van der Waals surface area (Å²) >= 11 is 0. The maximum absolute atomic E-state index is 12.9. The largest absolute Gasteiger partial charge is 0.494 e. The molecule has 9 nitrogen and oxygen atoms in total. The molecule has 9 heteroatoms. The molecule has 1 amide bonds. The van der Waals surface area contributed by atoms with Crippen LogP contribution in [0.3, 0.4) is 0 Å². The maximum Gasteiger partial charge on any atom is 0.365 e. The number of amides is 1. The smallest absolute Gasteiger partial charge is 0.365 e. The van der Waals surface area contributed by atoms with Gasteiger partial charge in [-0.05, 0) is 59.4 Å². The third kappa shape index (κ3) is 11.1. The zero-order valence-corrected chi connectivity index (χ0v) is 26.9. The van der Waals surface area contributed by atoms with Crippen LogP contribution in [0.1, 0.15) is 97.2 Å². The van der Waals surface area contributed by atoms with E-state index in [1.54, 1.807) is 60.7 Å². The third-order valence-electron chi connectivity index (χ3n) is 7.33. The van der Waals surface area contributed by atoms with Gasteiger partial charge >= 0.3 is 11.9 Å². The number of hydrogen-bond donors (Lipinski definition) is 2. The highest BCUT2D eigenvalue weighted by atomic mass is 16.7. The minimum atomic E-state index is -0.898. The van der Waals surface area contributed by atoms with Crippen molar-refractivity contribution in [1.82, 2.24) is 5.32 Å². The van der Waals surface area contributed by atoms with Crippen molar-refractivity contribution >= 4 is 23.7 Å². The highest BCUT2D eigenvalue weighted by molar-refractivity contribution is 5.98. The molecule has 0 aliphatic heterocycles. The Bertz CT molecular complexity index is 1430. The van der Waals surface area contributed by atoms with Crippen LogP contribution in [0.4, 0.5) is 0 Å². The first-order valence-electron chi connectivity index (χ1n) is 15.4. The molecule has 3 aromatic rings. The Morgan fingerprint density at radius 1 is 0.822 bits per heavy atom. The highest BCUT2D eigenvalue weighted by Crippen LogP contribution is 2.22. The van der Waals surface area contributed by atoms with E-state index in [0.717, 1.165) is 24.0 Å². The van der Waals surface area contributed by atoms with Gasteiger partial charge in [0.05, 0.1) is 19.3 Å². The van der Waals surface area contributed by atoms with E-state index in [0.29, 0.717) is 29.0 Å². The molecule has 0 bridgehead atoms. The van der Waals surface area contributed by atoms with Crippen LogP contribution in [0.15, 0.2) is 78.0 Å². The van der Waals surface area contributed by atoms with Gasteiger partial charge in [0.1, 0.15) is 11.8 Å². The fraction of sp³-hybridized carbons (Fsp3) is 0.389. The predicted octanol–water partition coefficient (Wildman–Crippen LogP) is 6.32. The van der Waals surface area contributed by atoms with Crippen LogP contribution in [0.2, 0.25) is 0 Å². The normalized spacial score (nSPS) is 12.2. The van der Waals surface area contributed by atoms with E-state index < -0.39 is 18.0 Å². The molecule has 3 rings (SSSR count). The van der Waals surface area contributed by atoms with Crippen LogP contribution in [0.5, 0.6) is 5.75 Å². The Labute approximate surface area is 266 Å². The molecule has 3 N–H and O–H groups in total. The molecule has 0 unspecified atom stereocenters. The van der Waals surface area contributed by atoms with Crippen LogP contribution in [-0.2, 0) is 26.2 Å². The van der Waals surface area contributed by atoms with Crippen molar-refractivity contribution in [2.45, 2.75) is 77.7 Å². The lowest BCUT2D eigenvalue weighted by molar-refractivity contribution is -0.142. The first-order chi connectivity index (χ1) is 21.5. The van der Waals surface area contributed by atoms with E-state index in [1.807, 2.05) is 12.1 Å². The summed E-state index contributed by atoms with van der Waals surface area (Å²) in [6.45, 7) is 9.11. The fourth-order valence-electron chi connectivity index (χ4n) is 4.52. The number of hydrogen-bond acceptors (Lipinski definition) is 7. The summed E-state index contributed by atoms with van der Waals surface area (Å²) in [5.41, 5.74) is 9.15. The number of ether oxygens (including phenoxy) is 2. The van der Waals surface area contributed by atoms with Crippen molar-refractivity contribution < 1.29 is 28.7 Å². The monoisotopic (exact) mass is 615 g/mol. The topological polar surface area (TPSA) is 129 Å². The van der Waals surface area contributed by atoms with Gasteiger partial charge in [0.15, 0.2) is 5.84 Å². The number of nitrogens with zero attached hydrogens (tertiary/aromatic N) is 1. The molecule has 45 heavy (non-hydrogen) atoms. The Morgan fingerprint density at radius 2 is 1.42 bits per heavy atom. The van der Waals surface area contributed by atoms with E-state index >= 15 is 0 Å². The molecule has 3 aromatic carbocycles. The summed E-state index contributed by atoms with van der Waals surface area (Å²) in [7, 11) is 1.28. The number of carbonyl (C=O) groups is 3. The van der Waals surface area contributed by atoms with E-state index in [2.05, 4.69) is 38.2 Å². The number of unbranched alkanes of at least 4 members (excludes halogenated alkanes) is 4. The maximum atomic E-state index is 12.9. The molecule has 0 heterocycles. The molecule has 0 spiro atoms. The number of nitrogens with two attached hydrogens (primary N) is 1. The Kier molecular flexibility index (Phi) is 13.1. The van der Waals surface area contributed by atoms with Gasteiger partial charge in [-0.25, -0.2) is 9.59 Å². The zero-order chi connectivity index (χ0) is 32.8. The molecule has 0 aromatic heterocycles. The standard InChI is InChI=1S/C36H45N3O6/c1-6-7-8-9-10-23-44-30-21-17-28(18-22-30)34(41)45-39-32(37)26-13-11-25(12-14-26)24-31(35(42)43-5)38-33(40)27-15-19-29(20-16-27)36(2,3)4/h11-22,31H,6-10,23-24H2,1-5H3,(H2,37,39)(H,38,40)/t31-/m0/s1. The minimum absolute atomic E-state index is 0.00875. The summed E-state index contributed by atoms with van der Waals surface area (Å²) in [5.74, 6) is -0.886. The van der Waals surface area contributed by atoms with Crippen LogP contribution in [0.25, 0.3) is 0 Å². The third-order valence-corrected chi connectivity index (χ3v) is 7.33. The number of amidine groups is 1. The Morgan fingerprint density at radius 3 is 2.02 bits per heavy atom. The molecule has 0 saturated carbocycles. The van der Waals surface area contributed by atoms with Gasteiger partial charge in [0.25, 0.3) is 5.91 Å². The number of esters is 1. The van der Waals surface area contributed by atoms with Crippen molar-refractivity contribution in [3.8, 4) is 5.75 Å². The summed E-state index contributed by atoms with van der Waals surface area (Å²) in [6, 6.07) is 20.0. The number of oxime groups is 1. The number of methoxy groups -OCH3 is 1. The van der Waals surface area contributed by atoms with Crippen LogP contribution >= 0.6 is 0 Å². The van der Waals surface area contributed by atoms with Crippen LogP contribution < -0.4 is 15.8 Å². The second-order valence-corrected chi connectivity index (χ2v) is 11.9. The van der Waals surface area contributed by atoms with Crippen molar-refractivity contribution in [3.05, 3.63) is 101 Å². The first kappa shape index (κ1) is 34.8. The van der Waals surface area contributed by atoms with Crippen molar-refractivity contribution in [3.63, 3.8) is 0 Å². The van der Waals surface area contributed by atoms with Gasteiger partial charge in [0, 0.05) is 17.5 Å². The lowest BCUT2D eigenvalue weighted by Gasteiger charge is -2.20. The number of rotatable bonds is 15. The molecule has 0 saturated heterocycles. The summed E-state index contributed by atoms with van der Waals surface area (Å²) in [6.07, 6.45) is 5.98. The van der Waals surface area contributed by atoms with Crippen LogP contribution in [0, 0.1) is 0 Å². The van der Waals surface area contributed by atoms with Gasteiger partial charge in [-0.1, -0.05) is 94.9 Å². The summed E-state index contributed by atoms with van der Waals surface area (Å²) in [4.78, 5) is 42.9. The van der Waals surface area contributed by atoms with E-state index in [9.17, 15) is 14.4 Å².